The van der Waals surface area contributed by atoms with Crippen LogP contribution in [0.15, 0.2) is 23.8 Å². The number of benzene rings is 1. The second-order valence-electron chi connectivity index (χ2n) is 5.12. The summed E-state index contributed by atoms with van der Waals surface area (Å²) >= 11 is 6.35. The number of nitrogens with two attached hydrogens (primary N) is 1. The van der Waals surface area contributed by atoms with Crippen LogP contribution in [0.25, 0.3) is 0 Å². The Kier molecular flexibility index (Phi) is 2.99. The van der Waals surface area contributed by atoms with Crippen molar-refractivity contribution < 1.29 is 4.79 Å². The summed E-state index contributed by atoms with van der Waals surface area (Å²) in [7, 11) is 0. The van der Waals surface area contributed by atoms with Gasteiger partial charge in [0.25, 0.3) is 0 Å². The highest BCUT2D eigenvalue weighted by molar-refractivity contribution is 6.33. The van der Waals surface area contributed by atoms with Crippen LogP contribution in [0.5, 0.6) is 0 Å². The van der Waals surface area contributed by atoms with Gasteiger partial charge in [-0.25, -0.2) is 0 Å². The second kappa shape index (κ2) is 4.54. The van der Waals surface area contributed by atoms with E-state index in [2.05, 4.69) is 23.2 Å². The summed E-state index contributed by atoms with van der Waals surface area (Å²) in [5.41, 5.74) is 9.68. The molecule has 1 atom stereocenters. The molecule has 1 aromatic carbocycles. The maximum Gasteiger partial charge on any atom is 0.245 e. The predicted molar refractivity (Wildman–Crippen MR) is 77.6 cm³/mol. The number of carbonyl (C=O) groups is 1. The molecule has 1 unspecified atom stereocenters. The third-order valence-electron chi connectivity index (χ3n) is 3.67. The predicted octanol–water partition coefficient (Wildman–Crippen LogP) is 2.45. The maximum absolute atomic E-state index is 11.6. The lowest BCUT2D eigenvalue weighted by Crippen LogP contribution is -2.29. The smallest absolute Gasteiger partial charge is 0.245 e. The number of nitrogens with one attached hydrogen (secondary N) is 1. The van der Waals surface area contributed by atoms with Crippen molar-refractivity contribution in [1.29, 1.82) is 0 Å². The molecule has 1 aromatic rings. The summed E-state index contributed by atoms with van der Waals surface area (Å²) in [6.07, 6.45) is 3.26. The molecule has 100 valence electrons. The van der Waals surface area contributed by atoms with Crippen LogP contribution in [0.1, 0.15) is 24.9 Å². The largest absolute Gasteiger partial charge is 0.366 e. The van der Waals surface area contributed by atoms with E-state index in [0.717, 1.165) is 36.4 Å². The maximum atomic E-state index is 11.6. The Morgan fingerprint density at radius 3 is 3.00 bits per heavy atom. The summed E-state index contributed by atoms with van der Waals surface area (Å²) in [6, 6.07) is 3.13. The zero-order valence-electron chi connectivity index (χ0n) is 10.7. The topological polar surface area (TPSA) is 58.4 Å². The molecule has 3 rings (SSSR count). The zero-order chi connectivity index (χ0) is 13.6. The molecule has 2 aliphatic rings. The second-order valence-corrected chi connectivity index (χ2v) is 5.53. The average molecular weight is 278 g/mol. The molecule has 19 heavy (non-hydrogen) atoms. The number of rotatable bonds is 1. The minimum Gasteiger partial charge on any atom is -0.366 e. The lowest BCUT2D eigenvalue weighted by Gasteiger charge is -2.29. The van der Waals surface area contributed by atoms with E-state index in [1.54, 1.807) is 0 Å². The van der Waals surface area contributed by atoms with Gasteiger partial charge in [-0.1, -0.05) is 23.3 Å². The molecule has 0 fully saturated rings. The molecule has 4 nitrogen and oxygen atoms in total. The molecule has 1 amide bonds. The van der Waals surface area contributed by atoms with Gasteiger partial charge in [0.1, 0.15) is 6.04 Å². The van der Waals surface area contributed by atoms with Crippen LogP contribution in [0.2, 0.25) is 5.02 Å². The van der Waals surface area contributed by atoms with Gasteiger partial charge in [-0.15, -0.1) is 0 Å². The average Bonchev–Trinajstić information content (AvgIpc) is 2.65. The van der Waals surface area contributed by atoms with E-state index >= 15 is 0 Å². The number of hydrogen-bond donors (Lipinski definition) is 2. The number of fused-ring (bicyclic) bond motifs is 1. The zero-order valence-corrected chi connectivity index (χ0v) is 11.5. The molecule has 0 bridgehead atoms. The highest BCUT2D eigenvalue weighted by Gasteiger charge is 2.29. The van der Waals surface area contributed by atoms with Crippen molar-refractivity contribution in [3.63, 3.8) is 0 Å². The molecule has 0 aromatic heterocycles. The molecule has 2 aliphatic heterocycles. The molecule has 5 heteroatoms. The Labute approximate surface area is 117 Å². The fourth-order valence-electron chi connectivity index (χ4n) is 2.65. The number of hydrogen-bond acceptors (Lipinski definition) is 3. The summed E-state index contributed by atoms with van der Waals surface area (Å²) in [6.45, 7) is 3.93. The Morgan fingerprint density at radius 2 is 2.26 bits per heavy atom. The van der Waals surface area contributed by atoms with Crippen molar-refractivity contribution in [2.24, 2.45) is 5.73 Å². The van der Waals surface area contributed by atoms with Gasteiger partial charge in [0.2, 0.25) is 5.91 Å². The van der Waals surface area contributed by atoms with Crippen LogP contribution in [0.3, 0.4) is 0 Å². The fraction of sp³-hybridized carbons (Fsp3) is 0.357. The Hall–Kier alpha value is -1.52. The van der Waals surface area contributed by atoms with E-state index in [-0.39, 0.29) is 5.91 Å². The van der Waals surface area contributed by atoms with E-state index in [9.17, 15) is 4.79 Å². The number of carbonyl (C=O) groups excluding carboxylic acids is 1. The molecular formula is C14H16ClN3O. The summed E-state index contributed by atoms with van der Waals surface area (Å²) in [5, 5.41) is 3.45. The van der Waals surface area contributed by atoms with Crippen LogP contribution in [0, 0.1) is 0 Å². The van der Waals surface area contributed by atoms with Gasteiger partial charge in [-0.2, -0.15) is 0 Å². The lowest BCUT2D eigenvalue weighted by molar-refractivity contribution is -0.116. The number of nitrogens with zero attached hydrogens (tertiary/aromatic N) is 1. The standard InChI is InChI=1S/C14H16ClN3O/c1-8-3-2-4-18(7-8)12-6-11-9(5-10(12)15)13(16)14(19)17-11/h3,5-6,13H,2,4,7,16H2,1H3,(H,17,19). The van der Waals surface area contributed by atoms with Gasteiger partial charge in [-0.3, -0.25) is 4.79 Å². The third-order valence-corrected chi connectivity index (χ3v) is 3.97. The lowest BCUT2D eigenvalue weighted by atomic mass is 10.1. The van der Waals surface area contributed by atoms with Crippen LogP contribution in [-0.2, 0) is 4.79 Å². The summed E-state index contributed by atoms with van der Waals surface area (Å²) < 4.78 is 0. The molecule has 2 heterocycles. The van der Waals surface area contributed by atoms with E-state index in [4.69, 9.17) is 17.3 Å². The van der Waals surface area contributed by atoms with Crippen molar-refractivity contribution in [2.75, 3.05) is 23.3 Å². The van der Waals surface area contributed by atoms with Gasteiger partial charge in [0, 0.05) is 24.3 Å². The quantitative estimate of drug-likeness (QED) is 0.775. The van der Waals surface area contributed by atoms with Crippen molar-refractivity contribution in [2.45, 2.75) is 19.4 Å². The number of amides is 1. The summed E-state index contributed by atoms with van der Waals surface area (Å²) in [4.78, 5) is 13.8. The monoisotopic (exact) mass is 277 g/mol. The van der Waals surface area contributed by atoms with E-state index in [1.807, 2.05) is 12.1 Å². The fourth-order valence-corrected chi connectivity index (χ4v) is 2.95. The third kappa shape index (κ3) is 2.11. The first kappa shape index (κ1) is 12.5. The summed E-state index contributed by atoms with van der Waals surface area (Å²) in [5.74, 6) is -0.169. The van der Waals surface area contributed by atoms with Crippen LogP contribution >= 0.6 is 11.6 Å². The Balaban J connectivity index is 1.98. The molecule has 0 radical (unpaired) electrons. The minimum atomic E-state index is -0.607. The molecule has 0 spiro atoms. The first-order valence-electron chi connectivity index (χ1n) is 6.37. The first-order chi connectivity index (χ1) is 9.06. The SMILES string of the molecule is CC1=CCCN(c2cc3c(cc2Cl)C(N)C(=O)N3)C1. The van der Waals surface area contributed by atoms with Gasteiger partial charge in [-0.05, 0) is 25.5 Å². The van der Waals surface area contributed by atoms with Gasteiger partial charge in [0.05, 0.1) is 10.7 Å². The van der Waals surface area contributed by atoms with Crippen LogP contribution in [0.4, 0.5) is 11.4 Å². The van der Waals surface area contributed by atoms with Gasteiger partial charge in [0.15, 0.2) is 0 Å². The van der Waals surface area contributed by atoms with Crippen molar-refractivity contribution in [3.8, 4) is 0 Å². The van der Waals surface area contributed by atoms with Gasteiger partial charge < -0.3 is 16.0 Å². The molecule has 0 saturated carbocycles. The van der Waals surface area contributed by atoms with E-state index < -0.39 is 6.04 Å². The Bertz CT molecular complexity index is 582. The van der Waals surface area contributed by atoms with Crippen LogP contribution in [-0.4, -0.2) is 19.0 Å². The number of halogens is 1. The first-order valence-corrected chi connectivity index (χ1v) is 6.74. The van der Waals surface area contributed by atoms with Crippen molar-refractivity contribution >= 4 is 28.9 Å². The van der Waals surface area contributed by atoms with E-state index in [0.29, 0.717) is 5.02 Å². The molecule has 0 saturated heterocycles. The van der Waals surface area contributed by atoms with Crippen molar-refractivity contribution in [1.82, 2.24) is 0 Å². The normalized spacial score (nSPS) is 22.1. The highest BCUT2D eigenvalue weighted by atomic mass is 35.5. The number of anilines is 2. The Morgan fingerprint density at radius 1 is 1.47 bits per heavy atom. The minimum absolute atomic E-state index is 0.169. The van der Waals surface area contributed by atoms with Crippen LogP contribution < -0.4 is 16.0 Å². The molecular weight excluding hydrogens is 262 g/mol. The molecule has 0 aliphatic carbocycles. The highest BCUT2D eigenvalue weighted by Crippen LogP contribution is 2.38. The van der Waals surface area contributed by atoms with E-state index in [1.165, 1.54) is 5.57 Å². The van der Waals surface area contributed by atoms with Crippen molar-refractivity contribution in [3.05, 3.63) is 34.4 Å². The van der Waals surface area contributed by atoms with Gasteiger partial charge >= 0.3 is 0 Å². The molecule has 3 N–H and O–H groups in total.